The predicted octanol–water partition coefficient (Wildman–Crippen LogP) is 7.80. The number of carbonyl (C=O) groups is 1. The molecule has 2 bridgehead atoms. The van der Waals surface area contributed by atoms with E-state index in [9.17, 15) is 9.90 Å². The van der Waals surface area contributed by atoms with Crippen LogP contribution in [0, 0.1) is 5.92 Å². The SMILES string of the molecule is O=C(O)c1ccc2nc(N3C[C@H]4CC[C@H]3C[C@@H](OCc3c(-c5c(Cl)cccc5Cl)noc3C3CC3)C4)sc2c1. The van der Waals surface area contributed by atoms with Crippen molar-refractivity contribution in [2.45, 2.75) is 63.2 Å². The number of hydrogen-bond acceptors (Lipinski definition) is 7. The quantitative estimate of drug-likeness (QED) is 0.237. The second-order valence-corrected chi connectivity index (χ2v) is 12.7. The van der Waals surface area contributed by atoms with Crippen LogP contribution in [0.2, 0.25) is 10.0 Å². The summed E-state index contributed by atoms with van der Waals surface area (Å²) in [6.07, 6.45) is 6.48. The van der Waals surface area contributed by atoms with Crippen molar-refractivity contribution in [1.82, 2.24) is 10.1 Å². The van der Waals surface area contributed by atoms with Gasteiger partial charge in [-0.3, -0.25) is 0 Å². The summed E-state index contributed by atoms with van der Waals surface area (Å²) in [6.45, 7) is 1.35. The minimum atomic E-state index is -0.918. The van der Waals surface area contributed by atoms with Crippen molar-refractivity contribution in [1.29, 1.82) is 0 Å². The van der Waals surface area contributed by atoms with Gasteiger partial charge in [0, 0.05) is 29.6 Å². The summed E-state index contributed by atoms with van der Waals surface area (Å²) in [5, 5.41) is 15.8. The number of fused-ring (bicyclic) bond motifs is 5. The zero-order valence-corrected chi connectivity index (χ0v) is 23.4. The fourth-order valence-electron chi connectivity index (χ4n) is 6.10. The average molecular weight is 585 g/mol. The lowest BCUT2D eigenvalue weighted by Gasteiger charge is -2.36. The fraction of sp³-hybridized carbons (Fsp3) is 0.414. The summed E-state index contributed by atoms with van der Waals surface area (Å²) in [5.74, 6) is 0.874. The van der Waals surface area contributed by atoms with E-state index in [4.69, 9.17) is 37.4 Å². The second-order valence-electron chi connectivity index (χ2n) is 10.9. The summed E-state index contributed by atoms with van der Waals surface area (Å²) < 4.78 is 13.4. The number of nitrogens with zero attached hydrogens (tertiary/aromatic N) is 3. The number of hydrogen-bond donors (Lipinski definition) is 1. The minimum Gasteiger partial charge on any atom is -0.478 e. The molecule has 10 heteroatoms. The highest BCUT2D eigenvalue weighted by molar-refractivity contribution is 7.22. The van der Waals surface area contributed by atoms with Gasteiger partial charge in [0.15, 0.2) is 5.13 Å². The van der Waals surface area contributed by atoms with Crippen molar-refractivity contribution in [2.75, 3.05) is 11.4 Å². The van der Waals surface area contributed by atoms with Crippen LogP contribution in [0.25, 0.3) is 21.5 Å². The number of piperidine rings is 1. The lowest BCUT2D eigenvalue weighted by atomic mass is 9.95. The fourth-order valence-corrected chi connectivity index (χ4v) is 7.76. The summed E-state index contributed by atoms with van der Waals surface area (Å²) in [5.41, 5.74) is 3.48. The Morgan fingerprint density at radius 3 is 2.72 bits per heavy atom. The molecule has 39 heavy (non-hydrogen) atoms. The lowest BCUT2D eigenvalue weighted by molar-refractivity contribution is 0.0257. The summed E-state index contributed by atoms with van der Waals surface area (Å²) >= 11 is 14.7. The van der Waals surface area contributed by atoms with E-state index in [-0.39, 0.29) is 6.10 Å². The molecule has 202 valence electrons. The van der Waals surface area contributed by atoms with Crippen molar-refractivity contribution in [3.63, 3.8) is 0 Å². The van der Waals surface area contributed by atoms with Crippen LogP contribution in [0.15, 0.2) is 40.9 Å². The van der Waals surface area contributed by atoms with Gasteiger partial charge < -0.3 is 19.3 Å². The van der Waals surface area contributed by atoms with Gasteiger partial charge in [0.05, 0.1) is 38.5 Å². The Hall–Kier alpha value is -2.65. The Morgan fingerprint density at radius 1 is 1.13 bits per heavy atom. The van der Waals surface area contributed by atoms with Gasteiger partial charge in [-0.2, -0.15) is 0 Å². The summed E-state index contributed by atoms with van der Waals surface area (Å²) in [4.78, 5) is 18.7. The Balaban J connectivity index is 1.12. The molecule has 4 fully saturated rings. The number of carboxylic acid groups (broad SMARTS) is 1. The average Bonchev–Trinajstić information content (AvgIpc) is 3.63. The van der Waals surface area contributed by atoms with E-state index in [1.807, 2.05) is 18.2 Å². The van der Waals surface area contributed by atoms with Gasteiger partial charge in [0.1, 0.15) is 11.5 Å². The van der Waals surface area contributed by atoms with E-state index in [0.717, 1.165) is 65.3 Å². The number of thiazole rings is 1. The maximum atomic E-state index is 11.4. The third-order valence-electron chi connectivity index (χ3n) is 8.23. The molecule has 4 heterocycles. The second kappa shape index (κ2) is 10.1. The van der Waals surface area contributed by atoms with Crippen LogP contribution in [0.4, 0.5) is 5.13 Å². The molecule has 8 rings (SSSR count). The van der Waals surface area contributed by atoms with Crippen molar-refractivity contribution >= 4 is 55.9 Å². The molecule has 2 saturated carbocycles. The first-order valence-corrected chi connectivity index (χ1v) is 15.0. The molecule has 0 spiro atoms. The number of aromatic carboxylic acids is 1. The zero-order valence-electron chi connectivity index (χ0n) is 21.1. The first-order chi connectivity index (χ1) is 18.9. The number of aromatic nitrogens is 2. The minimum absolute atomic E-state index is 0.108. The van der Waals surface area contributed by atoms with Gasteiger partial charge in [-0.05, 0) is 74.8 Å². The number of anilines is 1. The van der Waals surface area contributed by atoms with Crippen LogP contribution in [-0.2, 0) is 11.3 Å². The molecular weight excluding hydrogens is 557 g/mol. The summed E-state index contributed by atoms with van der Waals surface area (Å²) in [6, 6.07) is 10.9. The largest absolute Gasteiger partial charge is 0.478 e. The number of benzene rings is 2. The van der Waals surface area contributed by atoms with E-state index >= 15 is 0 Å². The molecule has 2 aliphatic heterocycles. The van der Waals surface area contributed by atoms with E-state index in [1.165, 1.54) is 6.42 Å². The molecule has 2 aromatic carbocycles. The van der Waals surface area contributed by atoms with Crippen LogP contribution < -0.4 is 4.90 Å². The van der Waals surface area contributed by atoms with Crippen molar-refractivity contribution in [3.8, 4) is 11.3 Å². The third kappa shape index (κ3) is 4.82. The molecule has 0 radical (unpaired) electrons. The van der Waals surface area contributed by atoms with Gasteiger partial charge in [0.25, 0.3) is 0 Å². The van der Waals surface area contributed by atoms with Crippen molar-refractivity contribution in [2.24, 2.45) is 5.92 Å². The highest BCUT2D eigenvalue weighted by Gasteiger charge is 2.39. The third-order valence-corrected chi connectivity index (χ3v) is 9.92. The maximum absolute atomic E-state index is 11.4. The van der Waals surface area contributed by atoms with Crippen LogP contribution >= 0.6 is 34.5 Å². The number of carboxylic acids is 1. The molecular formula is C29H27Cl2N3O4S. The molecule has 0 amide bonds. The van der Waals surface area contributed by atoms with E-state index < -0.39 is 5.97 Å². The van der Waals surface area contributed by atoms with Crippen LogP contribution in [0.3, 0.4) is 0 Å². The smallest absolute Gasteiger partial charge is 0.335 e. The number of ether oxygens (including phenoxy) is 1. The normalized spacial score (nSPS) is 22.9. The molecule has 0 unspecified atom stereocenters. The highest BCUT2D eigenvalue weighted by Crippen LogP contribution is 2.47. The molecule has 7 nitrogen and oxygen atoms in total. The molecule has 2 saturated heterocycles. The summed E-state index contributed by atoms with van der Waals surface area (Å²) in [7, 11) is 0. The zero-order chi connectivity index (χ0) is 26.7. The molecule has 2 aromatic heterocycles. The van der Waals surface area contributed by atoms with Gasteiger partial charge in [0.2, 0.25) is 0 Å². The predicted molar refractivity (Wildman–Crippen MR) is 152 cm³/mol. The van der Waals surface area contributed by atoms with Crippen LogP contribution in [-0.4, -0.2) is 39.9 Å². The van der Waals surface area contributed by atoms with Gasteiger partial charge in [-0.15, -0.1) is 0 Å². The molecule has 4 aliphatic rings. The standard InChI is InChI=1S/C29H27Cl2N3O4S/c30-21-2-1-3-22(31)25(21)26-20(27(38-33-26)16-5-6-16)14-37-19-10-15-4-8-18(12-19)34(13-15)29-32-23-9-7-17(28(35)36)11-24(23)39-29/h1-3,7,9,11,15-16,18-19H,4-6,8,10,12-14H2,(H,35,36)/t15-,18-,19-/m0/s1. The Labute approximate surface area is 239 Å². The Bertz CT molecular complexity index is 1550. The first-order valence-electron chi connectivity index (χ1n) is 13.4. The number of halogens is 2. The van der Waals surface area contributed by atoms with Gasteiger partial charge in [-0.25, -0.2) is 9.78 Å². The Kier molecular flexibility index (Phi) is 6.54. The Morgan fingerprint density at radius 2 is 1.95 bits per heavy atom. The van der Waals surface area contributed by atoms with Crippen molar-refractivity contribution in [3.05, 3.63) is 63.3 Å². The van der Waals surface area contributed by atoms with E-state index in [0.29, 0.717) is 51.4 Å². The van der Waals surface area contributed by atoms with Crippen molar-refractivity contribution < 1.29 is 19.2 Å². The molecule has 4 aromatic rings. The topological polar surface area (TPSA) is 88.7 Å². The van der Waals surface area contributed by atoms with E-state index in [1.54, 1.807) is 29.5 Å². The van der Waals surface area contributed by atoms with Crippen LogP contribution in [0.1, 0.15) is 66.1 Å². The van der Waals surface area contributed by atoms with Gasteiger partial charge >= 0.3 is 5.97 Å². The highest BCUT2D eigenvalue weighted by atomic mass is 35.5. The van der Waals surface area contributed by atoms with Gasteiger partial charge in [-0.1, -0.05) is 45.8 Å². The van der Waals surface area contributed by atoms with E-state index in [2.05, 4.69) is 10.1 Å². The van der Waals surface area contributed by atoms with Crippen LogP contribution in [0.5, 0.6) is 0 Å². The number of rotatable bonds is 7. The molecule has 1 N–H and O–H groups in total. The first kappa shape index (κ1) is 25.3. The molecule has 3 atom stereocenters. The lowest BCUT2D eigenvalue weighted by Crippen LogP contribution is -2.41. The monoisotopic (exact) mass is 583 g/mol. The molecule has 2 aliphatic carbocycles. The maximum Gasteiger partial charge on any atom is 0.335 e.